The lowest BCUT2D eigenvalue weighted by Crippen LogP contribution is -2.44. The summed E-state index contributed by atoms with van der Waals surface area (Å²) in [5, 5.41) is 3.79. The zero-order valence-electron chi connectivity index (χ0n) is 11.4. The van der Waals surface area contributed by atoms with Crippen molar-refractivity contribution in [2.45, 2.75) is 38.0 Å². The van der Waals surface area contributed by atoms with Gasteiger partial charge < -0.3 is 15.0 Å². The monoisotopic (exact) mass is 246 g/mol. The molecule has 0 radical (unpaired) electrons. The molecule has 3 rings (SSSR count). The van der Waals surface area contributed by atoms with Crippen LogP contribution in [0.3, 0.4) is 0 Å². The Kier molecular flexibility index (Phi) is 2.83. The first-order chi connectivity index (χ1) is 8.56. The van der Waals surface area contributed by atoms with Gasteiger partial charge in [0.2, 0.25) is 0 Å². The summed E-state index contributed by atoms with van der Waals surface area (Å²) in [7, 11) is 2.19. The molecule has 2 aliphatic rings. The van der Waals surface area contributed by atoms with Gasteiger partial charge in [0, 0.05) is 18.2 Å². The Morgan fingerprint density at radius 3 is 2.83 bits per heavy atom. The Labute approximate surface area is 109 Å². The van der Waals surface area contributed by atoms with Crippen molar-refractivity contribution in [2.24, 2.45) is 0 Å². The molecule has 1 aromatic rings. The molecule has 1 aromatic carbocycles. The van der Waals surface area contributed by atoms with Crippen LogP contribution >= 0.6 is 0 Å². The molecule has 2 unspecified atom stereocenters. The highest BCUT2D eigenvalue weighted by Gasteiger charge is 2.42. The topological polar surface area (TPSA) is 24.5 Å². The van der Waals surface area contributed by atoms with Gasteiger partial charge >= 0.3 is 0 Å². The van der Waals surface area contributed by atoms with Crippen LogP contribution in [-0.2, 0) is 0 Å². The van der Waals surface area contributed by atoms with Crippen molar-refractivity contribution in [1.82, 2.24) is 10.2 Å². The van der Waals surface area contributed by atoms with Crippen molar-refractivity contribution < 1.29 is 4.74 Å². The Hall–Kier alpha value is -1.06. The fourth-order valence-corrected chi connectivity index (χ4v) is 3.13. The standard InChI is InChI=1S/C15H22N2O/c1-15(2)14(16-11-8-9-17(3)10-11)12-6-4-5-7-13(12)18-15/h4-7,11,14,16H,8-10H2,1-3H3. The third kappa shape index (κ3) is 2.02. The van der Waals surface area contributed by atoms with E-state index in [0.29, 0.717) is 12.1 Å². The maximum absolute atomic E-state index is 6.07. The molecule has 2 heterocycles. The molecular formula is C15H22N2O. The lowest BCUT2D eigenvalue weighted by atomic mass is 9.93. The average Bonchev–Trinajstić information content (AvgIpc) is 2.82. The number of ether oxygens (including phenoxy) is 1. The highest BCUT2D eigenvalue weighted by atomic mass is 16.5. The minimum absolute atomic E-state index is 0.162. The van der Waals surface area contributed by atoms with Gasteiger partial charge in [-0.1, -0.05) is 18.2 Å². The molecule has 0 saturated carbocycles. The maximum Gasteiger partial charge on any atom is 0.125 e. The third-order valence-corrected chi connectivity index (χ3v) is 4.09. The molecule has 0 bridgehead atoms. The summed E-state index contributed by atoms with van der Waals surface area (Å²) in [6.07, 6.45) is 1.23. The van der Waals surface area contributed by atoms with Crippen LogP contribution < -0.4 is 10.1 Å². The zero-order valence-corrected chi connectivity index (χ0v) is 11.4. The first-order valence-corrected chi connectivity index (χ1v) is 6.79. The van der Waals surface area contributed by atoms with E-state index in [1.54, 1.807) is 0 Å². The molecular weight excluding hydrogens is 224 g/mol. The maximum atomic E-state index is 6.07. The largest absolute Gasteiger partial charge is 0.486 e. The summed E-state index contributed by atoms with van der Waals surface area (Å²) >= 11 is 0. The predicted molar refractivity (Wildman–Crippen MR) is 72.9 cm³/mol. The minimum atomic E-state index is -0.162. The molecule has 0 aliphatic carbocycles. The van der Waals surface area contributed by atoms with E-state index in [4.69, 9.17) is 4.74 Å². The first-order valence-electron chi connectivity index (χ1n) is 6.79. The van der Waals surface area contributed by atoms with Gasteiger partial charge in [-0.3, -0.25) is 0 Å². The van der Waals surface area contributed by atoms with E-state index in [1.165, 1.54) is 18.5 Å². The van der Waals surface area contributed by atoms with Crippen molar-refractivity contribution in [1.29, 1.82) is 0 Å². The molecule has 18 heavy (non-hydrogen) atoms. The second-order valence-corrected chi connectivity index (χ2v) is 6.09. The van der Waals surface area contributed by atoms with Gasteiger partial charge in [0.1, 0.15) is 11.4 Å². The number of benzene rings is 1. The lowest BCUT2D eigenvalue weighted by molar-refractivity contribution is 0.0914. The van der Waals surface area contributed by atoms with E-state index in [9.17, 15) is 0 Å². The van der Waals surface area contributed by atoms with Crippen LogP contribution in [0.15, 0.2) is 24.3 Å². The van der Waals surface area contributed by atoms with Crippen LogP contribution in [0.4, 0.5) is 0 Å². The van der Waals surface area contributed by atoms with Crippen LogP contribution in [0.25, 0.3) is 0 Å². The summed E-state index contributed by atoms with van der Waals surface area (Å²) in [6, 6.07) is 9.26. The number of likely N-dealkylation sites (tertiary alicyclic amines) is 1. The quantitative estimate of drug-likeness (QED) is 0.865. The van der Waals surface area contributed by atoms with E-state index in [0.717, 1.165) is 12.3 Å². The average molecular weight is 246 g/mol. The van der Waals surface area contributed by atoms with Gasteiger partial charge in [-0.25, -0.2) is 0 Å². The zero-order chi connectivity index (χ0) is 12.8. The van der Waals surface area contributed by atoms with Gasteiger partial charge in [-0.15, -0.1) is 0 Å². The highest BCUT2D eigenvalue weighted by Crippen LogP contribution is 2.43. The molecule has 0 aromatic heterocycles. The normalized spacial score (nSPS) is 30.2. The summed E-state index contributed by atoms with van der Waals surface area (Å²) in [6.45, 7) is 6.66. The Morgan fingerprint density at radius 2 is 2.11 bits per heavy atom. The van der Waals surface area contributed by atoms with Crippen molar-refractivity contribution >= 4 is 0 Å². The van der Waals surface area contributed by atoms with E-state index in [1.807, 2.05) is 6.07 Å². The van der Waals surface area contributed by atoms with Crippen LogP contribution in [0, 0.1) is 0 Å². The van der Waals surface area contributed by atoms with Crippen LogP contribution in [0.2, 0.25) is 0 Å². The molecule has 1 fully saturated rings. The van der Waals surface area contributed by atoms with Gasteiger partial charge in [-0.05, 0) is 39.9 Å². The lowest BCUT2D eigenvalue weighted by Gasteiger charge is -2.29. The molecule has 3 heteroatoms. The number of hydrogen-bond acceptors (Lipinski definition) is 3. The molecule has 0 spiro atoms. The van der Waals surface area contributed by atoms with Crippen molar-refractivity contribution in [2.75, 3.05) is 20.1 Å². The predicted octanol–water partition coefficient (Wildman–Crippen LogP) is 2.19. The molecule has 3 nitrogen and oxygen atoms in total. The number of hydrogen-bond donors (Lipinski definition) is 1. The Balaban J connectivity index is 1.81. The van der Waals surface area contributed by atoms with Crippen molar-refractivity contribution in [3.8, 4) is 5.75 Å². The summed E-state index contributed by atoms with van der Waals surface area (Å²) in [4.78, 5) is 2.38. The van der Waals surface area contributed by atoms with Gasteiger partial charge in [0.25, 0.3) is 0 Å². The number of rotatable bonds is 2. The third-order valence-electron chi connectivity index (χ3n) is 4.09. The second-order valence-electron chi connectivity index (χ2n) is 6.09. The smallest absolute Gasteiger partial charge is 0.125 e. The Bertz CT molecular complexity index is 444. The number of fused-ring (bicyclic) bond motifs is 1. The van der Waals surface area contributed by atoms with Gasteiger partial charge in [0.15, 0.2) is 0 Å². The SMILES string of the molecule is CN1CCC(NC2c3ccccc3OC2(C)C)C1. The summed E-state index contributed by atoms with van der Waals surface area (Å²) in [5.41, 5.74) is 1.14. The number of nitrogens with one attached hydrogen (secondary N) is 1. The summed E-state index contributed by atoms with van der Waals surface area (Å²) in [5.74, 6) is 1.03. The Morgan fingerprint density at radius 1 is 1.33 bits per heavy atom. The summed E-state index contributed by atoms with van der Waals surface area (Å²) < 4.78 is 6.07. The van der Waals surface area contributed by atoms with Crippen molar-refractivity contribution in [3.05, 3.63) is 29.8 Å². The first kappa shape index (κ1) is 12.0. The van der Waals surface area contributed by atoms with Gasteiger partial charge in [0.05, 0.1) is 6.04 Å². The fraction of sp³-hybridized carbons (Fsp3) is 0.600. The van der Waals surface area contributed by atoms with Crippen LogP contribution in [0.1, 0.15) is 31.9 Å². The molecule has 98 valence electrons. The fourth-order valence-electron chi connectivity index (χ4n) is 3.13. The molecule has 0 amide bonds. The van der Waals surface area contributed by atoms with E-state index < -0.39 is 0 Å². The van der Waals surface area contributed by atoms with Crippen molar-refractivity contribution in [3.63, 3.8) is 0 Å². The van der Waals surface area contributed by atoms with Gasteiger partial charge in [-0.2, -0.15) is 0 Å². The van der Waals surface area contributed by atoms with Crippen LogP contribution in [0.5, 0.6) is 5.75 Å². The van der Waals surface area contributed by atoms with E-state index in [2.05, 4.69) is 49.3 Å². The molecule has 2 atom stereocenters. The second kappa shape index (κ2) is 4.25. The molecule has 2 aliphatic heterocycles. The number of likely N-dealkylation sites (N-methyl/N-ethyl adjacent to an activating group) is 1. The minimum Gasteiger partial charge on any atom is -0.486 e. The molecule has 1 saturated heterocycles. The number of para-hydroxylation sites is 1. The van der Waals surface area contributed by atoms with Crippen LogP contribution in [-0.4, -0.2) is 36.7 Å². The van der Waals surface area contributed by atoms with E-state index >= 15 is 0 Å². The highest BCUT2D eigenvalue weighted by molar-refractivity contribution is 5.42. The molecule has 1 N–H and O–H groups in total. The van der Waals surface area contributed by atoms with E-state index in [-0.39, 0.29) is 5.60 Å². The number of nitrogens with zero attached hydrogens (tertiary/aromatic N) is 1.